The van der Waals surface area contributed by atoms with Crippen LogP contribution in [0.5, 0.6) is 0 Å². The Morgan fingerprint density at radius 2 is 1.95 bits per heavy atom. The van der Waals surface area contributed by atoms with Crippen LogP contribution in [0.2, 0.25) is 0 Å². The third-order valence-electron chi connectivity index (χ3n) is 4.62. The number of amides is 1. The molecule has 1 amide bonds. The van der Waals surface area contributed by atoms with Crippen molar-refractivity contribution in [1.82, 2.24) is 15.0 Å². The smallest absolute Gasteiger partial charge is 0.259 e. The van der Waals surface area contributed by atoms with Gasteiger partial charge in [-0.15, -0.1) is 0 Å². The largest absolute Gasteiger partial charge is 0.379 e. The number of likely N-dealkylation sites (tertiary alicyclic amines) is 1. The van der Waals surface area contributed by atoms with Crippen LogP contribution in [0.1, 0.15) is 28.7 Å². The van der Waals surface area contributed by atoms with Crippen LogP contribution in [0.25, 0.3) is 0 Å². The fourth-order valence-corrected chi connectivity index (χ4v) is 3.45. The molecule has 0 spiro atoms. The van der Waals surface area contributed by atoms with E-state index in [0.717, 1.165) is 39.4 Å². The van der Waals surface area contributed by atoms with Crippen LogP contribution in [-0.2, 0) is 4.74 Å². The summed E-state index contributed by atoms with van der Waals surface area (Å²) < 4.78 is 10.5. The molecule has 116 valence electrons. The first kappa shape index (κ1) is 14.5. The molecule has 0 aliphatic carbocycles. The van der Waals surface area contributed by atoms with Crippen LogP contribution < -0.4 is 0 Å². The van der Waals surface area contributed by atoms with Gasteiger partial charge in [0.1, 0.15) is 11.3 Å². The maximum atomic E-state index is 12.7. The summed E-state index contributed by atoms with van der Waals surface area (Å²) in [5.74, 6) is 1.14. The molecule has 0 unspecified atom stereocenters. The summed E-state index contributed by atoms with van der Waals surface area (Å²) in [7, 11) is 0. The maximum Gasteiger partial charge on any atom is 0.259 e. The molecule has 1 aromatic heterocycles. The highest BCUT2D eigenvalue weighted by molar-refractivity contribution is 5.96. The van der Waals surface area contributed by atoms with Gasteiger partial charge in [-0.3, -0.25) is 9.69 Å². The van der Waals surface area contributed by atoms with Crippen molar-refractivity contribution in [3.63, 3.8) is 0 Å². The second kappa shape index (κ2) is 5.77. The van der Waals surface area contributed by atoms with Crippen molar-refractivity contribution in [2.24, 2.45) is 5.92 Å². The minimum absolute atomic E-state index is 0.0499. The van der Waals surface area contributed by atoms with Gasteiger partial charge >= 0.3 is 0 Å². The number of carbonyl (C=O) groups is 1. The minimum Gasteiger partial charge on any atom is -0.379 e. The van der Waals surface area contributed by atoms with Gasteiger partial charge in [-0.05, 0) is 19.8 Å². The average Bonchev–Trinajstić information content (AvgIpc) is 3.03. The maximum absolute atomic E-state index is 12.7. The van der Waals surface area contributed by atoms with Crippen LogP contribution in [0.4, 0.5) is 0 Å². The van der Waals surface area contributed by atoms with Crippen molar-refractivity contribution in [2.45, 2.75) is 26.8 Å². The molecule has 3 heterocycles. The van der Waals surface area contributed by atoms with Gasteiger partial charge in [0.05, 0.1) is 18.9 Å². The number of nitrogens with zero attached hydrogens (tertiary/aromatic N) is 3. The molecular weight excluding hydrogens is 270 g/mol. The molecule has 1 aromatic rings. The number of aromatic nitrogens is 1. The zero-order chi connectivity index (χ0) is 15.0. The monoisotopic (exact) mass is 293 g/mol. The van der Waals surface area contributed by atoms with E-state index in [1.165, 1.54) is 0 Å². The normalized spacial score (nSPS) is 27.3. The lowest BCUT2D eigenvalue weighted by Gasteiger charge is -2.33. The number of rotatable bonds is 2. The second-order valence-electron chi connectivity index (χ2n) is 6.10. The van der Waals surface area contributed by atoms with Crippen molar-refractivity contribution < 1.29 is 14.1 Å². The van der Waals surface area contributed by atoms with Crippen molar-refractivity contribution >= 4 is 5.91 Å². The molecule has 2 fully saturated rings. The quantitative estimate of drug-likeness (QED) is 0.817. The topological polar surface area (TPSA) is 58.8 Å². The molecule has 2 aliphatic rings. The van der Waals surface area contributed by atoms with Crippen molar-refractivity contribution in [3.05, 3.63) is 17.0 Å². The van der Waals surface area contributed by atoms with E-state index < -0.39 is 0 Å². The Morgan fingerprint density at radius 3 is 2.57 bits per heavy atom. The molecule has 0 radical (unpaired) electrons. The third kappa shape index (κ3) is 2.70. The van der Waals surface area contributed by atoms with Crippen LogP contribution in [-0.4, -0.2) is 66.3 Å². The highest BCUT2D eigenvalue weighted by Crippen LogP contribution is 2.25. The minimum atomic E-state index is 0.0499. The van der Waals surface area contributed by atoms with Crippen LogP contribution in [0.15, 0.2) is 4.52 Å². The summed E-state index contributed by atoms with van der Waals surface area (Å²) in [5.41, 5.74) is 1.31. The van der Waals surface area contributed by atoms with Crippen molar-refractivity contribution in [3.8, 4) is 0 Å². The predicted octanol–water partition coefficient (Wildman–Crippen LogP) is 1.08. The zero-order valence-corrected chi connectivity index (χ0v) is 13.0. The van der Waals surface area contributed by atoms with Gasteiger partial charge in [0.25, 0.3) is 5.91 Å². The number of carbonyl (C=O) groups excluding carboxylic acids is 1. The first-order valence-corrected chi connectivity index (χ1v) is 7.62. The highest BCUT2D eigenvalue weighted by Gasteiger charge is 2.38. The Bertz CT molecular complexity index is 503. The van der Waals surface area contributed by atoms with Crippen LogP contribution in [0, 0.1) is 19.8 Å². The molecule has 0 aromatic carbocycles. The van der Waals surface area contributed by atoms with E-state index in [1.807, 2.05) is 11.8 Å². The van der Waals surface area contributed by atoms with Gasteiger partial charge in [-0.2, -0.15) is 0 Å². The molecule has 2 atom stereocenters. The molecule has 0 saturated carbocycles. The summed E-state index contributed by atoms with van der Waals surface area (Å²) in [4.78, 5) is 17.1. The second-order valence-corrected chi connectivity index (χ2v) is 6.10. The van der Waals surface area contributed by atoms with Gasteiger partial charge in [0.15, 0.2) is 0 Å². The van der Waals surface area contributed by atoms with E-state index in [1.54, 1.807) is 6.92 Å². The van der Waals surface area contributed by atoms with Crippen LogP contribution >= 0.6 is 0 Å². The lowest BCUT2D eigenvalue weighted by Crippen LogP contribution is -2.47. The summed E-state index contributed by atoms with van der Waals surface area (Å²) in [5, 5.41) is 3.89. The Labute approximate surface area is 125 Å². The SMILES string of the molecule is Cc1noc(C)c1C(=O)N1C[C@H](C)[C@@H](N2CCOCC2)C1. The first-order valence-electron chi connectivity index (χ1n) is 7.62. The van der Waals surface area contributed by atoms with E-state index in [9.17, 15) is 4.79 Å². The van der Waals surface area contributed by atoms with Crippen molar-refractivity contribution in [1.29, 1.82) is 0 Å². The van der Waals surface area contributed by atoms with Crippen molar-refractivity contribution in [2.75, 3.05) is 39.4 Å². The Hall–Kier alpha value is -1.40. The molecule has 6 nitrogen and oxygen atoms in total. The summed E-state index contributed by atoms with van der Waals surface area (Å²) >= 11 is 0. The van der Waals surface area contributed by atoms with E-state index in [0.29, 0.717) is 29.0 Å². The highest BCUT2D eigenvalue weighted by atomic mass is 16.5. The fourth-order valence-electron chi connectivity index (χ4n) is 3.45. The molecule has 21 heavy (non-hydrogen) atoms. The fraction of sp³-hybridized carbons (Fsp3) is 0.733. The Kier molecular flexibility index (Phi) is 3.99. The van der Waals surface area contributed by atoms with Gasteiger partial charge in [-0.25, -0.2) is 0 Å². The number of hydrogen-bond acceptors (Lipinski definition) is 5. The number of morpholine rings is 1. The lowest BCUT2D eigenvalue weighted by atomic mass is 10.0. The third-order valence-corrected chi connectivity index (χ3v) is 4.62. The summed E-state index contributed by atoms with van der Waals surface area (Å²) in [6.07, 6.45) is 0. The number of hydrogen-bond donors (Lipinski definition) is 0. The number of ether oxygens (including phenoxy) is 1. The summed E-state index contributed by atoms with van der Waals surface area (Å²) in [6, 6.07) is 0.429. The standard InChI is InChI=1S/C15H23N3O3/c1-10-8-18(9-13(10)17-4-6-20-7-5-17)15(19)14-11(2)16-21-12(14)3/h10,13H,4-9H2,1-3H3/t10-,13-/m0/s1. The van der Waals surface area contributed by atoms with E-state index in [2.05, 4.69) is 17.0 Å². The van der Waals surface area contributed by atoms with Gasteiger partial charge in [-0.1, -0.05) is 12.1 Å². The first-order chi connectivity index (χ1) is 10.1. The Morgan fingerprint density at radius 1 is 1.24 bits per heavy atom. The van der Waals surface area contributed by atoms with Gasteiger partial charge < -0.3 is 14.2 Å². The summed E-state index contributed by atoms with van der Waals surface area (Å²) in [6.45, 7) is 10.9. The molecule has 2 aliphatic heterocycles. The Balaban J connectivity index is 1.72. The predicted molar refractivity (Wildman–Crippen MR) is 77.2 cm³/mol. The molecule has 6 heteroatoms. The molecule has 0 bridgehead atoms. The molecule has 3 rings (SSSR count). The van der Waals surface area contributed by atoms with Gasteiger partial charge in [0, 0.05) is 32.2 Å². The van der Waals surface area contributed by atoms with E-state index in [4.69, 9.17) is 9.26 Å². The zero-order valence-electron chi connectivity index (χ0n) is 13.0. The average molecular weight is 293 g/mol. The molecular formula is C15H23N3O3. The number of aryl methyl sites for hydroxylation is 2. The lowest BCUT2D eigenvalue weighted by molar-refractivity contribution is 0.0119. The van der Waals surface area contributed by atoms with E-state index >= 15 is 0 Å². The molecule has 0 N–H and O–H groups in total. The van der Waals surface area contributed by atoms with Crippen LogP contribution in [0.3, 0.4) is 0 Å². The van der Waals surface area contributed by atoms with Gasteiger partial charge in [0.2, 0.25) is 0 Å². The van der Waals surface area contributed by atoms with E-state index in [-0.39, 0.29) is 5.91 Å². The molecule has 2 saturated heterocycles.